The molecule has 1 aromatic rings. The molecule has 0 fully saturated rings. The van der Waals surface area contributed by atoms with Gasteiger partial charge in [0.05, 0.1) is 6.10 Å². The van der Waals surface area contributed by atoms with Crippen molar-refractivity contribution < 1.29 is 4.74 Å². The number of nitrogens with one attached hydrogen (secondary N) is 1. The van der Waals surface area contributed by atoms with Gasteiger partial charge >= 0.3 is 0 Å². The van der Waals surface area contributed by atoms with Crippen molar-refractivity contribution >= 4 is 0 Å². The van der Waals surface area contributed by atoms with Crippen molar-refractivity contribution in [2.24, 2.45) is 0 Å². The smallest absolute Gasteiger partial charge is 0.119 e. The highest BCUT2D eigenvalue weighted by atomic mass is 16.5. The van der Waals surface area contributed by atoms with E-state index in [1.165, 1.54) is 18.4 Å². The average Bonchev–Trinajstić information content (AvgIpc) is 2.45. The average molecular weight is 277 g/mol. The molecule has 0 aromatic heterocycles. The monoisotopic (exact) mass is 277 g/mol. The maximum Gasteiger partial charge on any atom is 0.119 e. The van der Waals surface area contributed by atoms with Gasteiger partial charge in [-0.15, -0.1) is 0 Å². The Morgan fingerprint density at radius 1 is 1.05 bits per heavy atom. The quantitative estimate of drug-likeness (QED) is 0.703. The van der Waals surface area contributed by atoms with Gasteiger partial charge in [0.15, 0.2) is 0 Å². The molecule has 3 unspecified atom stereocenters. The summed E-state index contributed by atoms with van der Waals surface area (Å²) in [6.07, 6.45) is 3.63. The largest absolute Gasteiger partial charge is 0.491 e. The zero-order valence-electron chi connectivity index (χ0n) is 13.8. The third-order valence-electron chi connectivity index (χ3n) is 3.83. The Bertz CT molecular complexity index is 360. The molecule has 20 heavy (non-hydrogen) atoms. The number of benzene rings is 1. The summed E-state index contributed by atoms with van der Waals surface area (Å²) in [7, 11) is 0. The summed E-state index contributed by atoms with van der Waals surface area (Å²) in [5.74, 6) is 1.60. The second kappa shape index (κ2) is 9.02. The second-order valence-corrected chi connectivity index (χ2v) is 5.90. The summed E-state index contributed by atoms with van der Waals surface area (Å²) in [5.41, 5.74) is 1.39. The SMILES string of the molecule is CCCNC(C)CC(C)Oc1ccc(C(C)CC)cc1. The lowest BCUT2D eigenvalue weighted by Gasteiger charge is -2.20. The Kier molecular flexibility index (Phi) is 7.68. The second-order valence-electron chi connectivity index (χ2n) is 5.90. The van der Waals surface area contributed by atoms with Crippen molar-refractivity contribution in [1.82, 2.24) is 5.32 Å². The normalized spacial score (nSPS) is 15.7. The molecule has 0 spiro atoms. The first-order valence-electron chi connectivity index (χ1n) is 8.06. The van der Waals surface area contributed by atoms with Crippen LogP contribution in [0.3, 0.4) is 0 Å². The van der Waals surface area contributed by atoms with Crippen LogP contribution in [0.15, 0.2) is 24.3 Å². The Hall–Kier alpha value is -1.02. The van der Waals surface area contributed by atoms with Crippen LogP contribution in [0.25, 0.3) is 0 Å². The van der Waals surface area contributed by atoms with Gasteiger partial charge in [-0.05, 0) is 63.3 Å². The van der Waals surface area contributed by atoms with Gasteiger partial charge in [0.2, 0.25) is 0 Å². The van der Waals surface area contributed by atoms with E-state index in [0.29, 0.717) is 12.0 Å². The predicted octanol–water partition coefficient (Wildman–Crippen LogP) is 4.75. The molecule has 0 radical (unpaired) electrons. The highest BCUT2D eigenvalue weighted by Gasteiger charge is 2.10. The molecule has 0 saturated carbocycles. The van der Waals surface area contributed by atoms with Gasteiger partial charge in [0, 0.05) is 6.04 Å². The van der Waals surface area contributed by atoms with Crippen molar-refractivity contribution in [3.05, 3.63) is 29.8 Å². The van der Waals surface area contributed by atoms with Crippen LogP contribution in [-0.2, 0) is 0 Å². The lowest BCUT2D eigenvalue weighted by atomic mass is 9.99. The van der Waals surface area contributed by atoms with Crippen molar-refractivity contribution in [3.8, 4) is 5.75 Å². The van der Waals surface area contributed by atoms with Crippen LogP contribution in [0, 0.1) is 0 Å². The zero-order chi connectivity index (χ0) is 15.0. The maximum atomic E-state index is 5.99. The standard InChI is InChI=1S/C18H31NO/c1-6-12-19-15(4)13-16(5)20-18-10-8-17(9-11-18)14(3)7-2/h8-11,14-16,19H,6-7,12-13H2,1-5H3. The number of hydrogen-bond acceptors (Lipinski definition) is 2. The third kappa shape index (κ3) is 5.96. The first-order chi connectivity index (χ1) is 9.56. The molecule has 0 amide bonds. The Morgan fingerprint density at radius 3 is 2.25 bits per heavy atom. The van der Waals surface area contributed by atoms with Crippen molar-refractivity contribution in [3.63, 3.8) is 0 Å². The fourth-order valence-corrected chi connectivity index (χ4v) is 2.36. The number of hydrogen-bond donors (Lipinski definition) is 1. The van der Waals surface area contributed by atoms with E-state index < -0.39 is 0 Å². The maximum absolute atomic E-state index is 5.99. The lowest BCUT2D eigenvalue weighted by molar-refractivity contribution is 0.196. The van der Waals surface area contributed by atoms with Gasteiger partial charge in [-0.1, -0.05) is 32.9 Å². The van der Waals surface area contributed by atoms with E-state index in [2.05, 4.69) is 64.2 Å². The number of rotatable bonds is 9. The molecule has 0 heterocycles. The van der Waals surface area contributed by atoms with Crippen molar-refractivity contribution in [1.29, 1.82) is 0 Å². The van der Waals surface area contributed by atoms with Gasteiger partial charge in [-0.25, -0.2) is 0 Å². The lowest BCUT2D eigenvalue weighted by Crippen LogP contribution is -2.31. The molecule has 1 rings (SSSR count). The first kappa shape index (κ1) is 17.0. The minimum atomic E-state index is 0.240. The topological polar surface area (TPSA) is 21.3 Å². The van der Waals surface area contributed by atoms with E-state index in [1.54, 1.807) is 0 Å². The fraction of sp³-hybridized carbons (Fsp3) is 0.667. The van der Waals surface area contributed by atoms with Crippen LogP contribution in [0.5, 0.6) is 5.75 Å². The molecule has 0 aliphatic heterocycles. The van der Waals surface area contributed by atoms with E-state index in [-0.39, 0.29) is 6.10 Å². The van der Waals surface area contributed by atoms with E-state index in [9.17, 15) is 0 Å². The molecular formula is C18H31NO. The summed E-state index contributed by atoms with van der Waals surface area (Å²) >= 11 is 0. The van der Waals surface area contributed by atoms with Gasteiger partial charge in [-0.2, -0.15) is 0 Å². The van der Waals surface area contributed by atoms with Crippen molar-refractivity contribution in [2.75, 3.05) is 6.54 Å². The van der Waals surface area contributed by atoms with E-state index >= 15 is 0 Å². The molecule has 0 aliphatic carbocycles. The summed E-state index contributed by atoms with van der Waals surface area (Å²) in [5, 5.41) is 3.50. The van der Waals surface area contributed by atoms with Crippen LogP contribution < -0.4 is 10.1 Å². The van der Waals surface area contributed by atoms with E-state index in [0.717, 1.165) is 18.7 Å². The van der Waals surface area contributed by atoms with E-state index in [4.69, 9.17) is 4.74 Å². The molecule has 2 nitrogen and oxygen atoms in total. The Balaban J connectivity index is 2.43. The number of ether oxygens (including phenoxy) is 1. The minimum Gasteiger partial charge on any atom is -0.491 e. The Morgan fingerprint density at radius 2 is 1.70 bits per heavy atom. The fourth-order valence-electron chi connectivity index (χ4n) is 2.36. The molecule has 114 valence electrons. The van der Waals surface area contributed by atoms with Crippen LogP contribution in [0.4, 0.5) is 0 Å². The van der Waals surface area contributed by atoms with Crippen LogP contribution in [0.1, 0.15) is 65.4 Å². The molecule has 0 saturated heterocycles. The highest BCUT2D eigenvalue weighted by Crippen LogP contribution is 2.22. The summed E-state index contributed by atoms with van der Waals surface area (Å²) in [4.78, 5) is 0. The van der Waals surface area contributed by atoms with Gasteiger partial charge in [0.25, 0.3) is 0 Å². The van der Waals surface area contributed by atoms with Gasteiger partial charge in [-0.3, -0.25) is 0 Å². The Labute approximate surface area is 124 Å². The third-order valence-corrected chi connectivity index (χ3v) is 3.83. The predicted molar refractivity (Wildman–Crippen MR) is 87.6 cm³/mol. The van der Waals surface area contributed by atoms with E-state index in [1.807, 2.05) is 0 Å². The van der Waals surface area contributed by atoms with Crippen LogP contribution in [-0.4, -0.2) is 18.7 Å². The molecule has 0 bridgehead atoms. The van der Waals surface area contributed by atoms with Gasteiger partial charge in [0.1, 0.15) is 5.75 Å². The molecular weight excluding hydrogens is 246 g/mol. The molecule has 0 aliphatic rings. The summed E-state index contributed by atoms with van der Waals surface area (Å²) in [6.45, 7) is 12.1. The van der Waals surface area contributed by atoms with Gasteiger partial charge < -0.3 is 10.1 Å². The molecule has 3 atom stereocenters. The highest BCUT2D eigenvalue weighted by molar-refractivity contribution is 5.29. The zero-order valence-corrected chi connectivity index (χ0v) is 13.8. The summed E-state index contributed by atoms with van der Waals surface area (Å²) < 4.78 is 5.99. The minimum absolute atomic E-state index is 0.240. The summed E-state index contributed by atoms with van der Waals surface area (Å²) in [6, 6.07) is 9.08. The first-order valence-corrected chi connectivity index (χ1v) is 8.06. The molecule has 1 aromatic carbocycles. The van der Waals surface area contributed by atoms with Crippen molar-refractivity contribution in [2.45, 2.75) is 71.9 Å². The molecule has 1 N–H and O–H groups in total. The van der Waals surface area contributed by atoms with Crippen LogP contribution >= 0.6 is 0 Å². The molecule has 2 heteroatoms. The van der Waals surface area contributed by atoms with Crippen LogP contribution in [0.2, 0.25) is 0 Å².